The smallest absolute Gasteiger partial charge is 0.172 e. The Bertz CT molecular complexity index is 448. The Morgan fingerprint density at radius 3 is 2.69 bits per heavy atom. The van der Waals surface area contributed by atoms with E-state index in [0.717, 1.165) is 24.2 Å². The second-order valence-electron chi connectivity index (χ2n) is 4.88. The van der Waals surface area contributed by atoms with Gasteiger partial charge in [0.1, 0.15) is 5.75 Å². The molecule has 2 rings (SSSR count). The summed E-state index contributed by atoms with van der Waals surface area (Å²) in [5.41, 5.74) is 2.96. The van der Waals surface area contributed by atoms with Crippen molar-refractivity contribution in [3.63, 3.8) is 0 Å². The molecule has 0 spiro atoms. The van der Waals surface area contributed by atoms with Gasteiger partial charge in [0.05, 0.1) is 0 Å². The largest absolute Gasteiger partial charge is 0.479 e. The van der Waals surface area contributed by atoms with Gasteiger partial charge in [-0.05, 0) is 57.2 Å². The molecule has 16 heavy (non-hydrogen) atoms. The summed E-state index contributed by atoms with van der Waals surface area (Å²) in [6.45, 7) is 7.62. The number of aryl methyl sites for hydroxylation is 2. The Balaban J connectivity index is 2.47. The Hall–Kier alpha value is -1.31. The molecule has 0 aromatic heterocycles. The monoisotopic (exact) mass is 218 g/mol. The number of ether oxygens (including phenoxy) is 1. The van der Waals surface area contributed by atoms with E-state index in [4.69, 9.17) is 4.74 Å². The van der Waals surface area contributed by atoms with E-state index in [1.807, 2.05) is 6.92 Å². The van der Waals surface area contributed by atoms with Gasteiger partial charge in [-0.3, -0.25) is 4.79 Å². The SMILES string of the molecule is CC(=O)C1(C)CCc2ccc(C)c(C)c2O1. The number of rotatable bonds is 1. The molecule has 1 aromatic carbocycles. The van der Waals surface area contributed by atoms with Crippen LogP contribution in [-0.4, -0.2) is 11.4 Å². The minimum Gasteiger partial charge on any atom is -0.479 e. The zero-order chi connectivity index (χ0) is 11.9. The van der Waals surface area contributed by atoms with Crippen molar-refractivity contribution in [2.75, 3.05) is 0 Å². The molecule has 1 aliphatic rings. The number of Topliss-reactive ketones (excluding diaryl/α,β-unsaturated/α-hetero) is 1. The molecule has 1 aliphatic heterocycles. The third kappa shape index (κ3) is 1.62. The van der Waals surface area contributed by atoms with E-state index in [9.17, 15) is 4.79 Å². The highest BCUT2D eigenvalue weighted by molar-refractivity contribution is 5.85. The van der Waals surface area contributed by atoms with Crippen molar-refractivity contribution in [2.45, 2.75) is 46.1 Å². The summed E-state index contributed by atoms with van der Waals surface area (Å²) in [4.78, 5) is 11.6. The van der Waals surface area contributed by atoms with Crippen molar-refractivity contribution in [2.24, 2.45) is 0 Å². The van der Waals surface area contributed by atoms with Crippen LogP contribution in [0.4, 0.5) is 0 Å². The lowest BCUT2D eigenvalue weighted by Crippen LogP contribution is -2.43. The van der Waals surface area contributed by atoms with Crippen LogP contribution >= 0.6 is 0 Å². The molecule has 0 N–H and O–H groups in total. The molecule has 1 heterocycles. The average Bonchev–Trinajstić information content (AvgIpc) is 2.24. The van der Waals surface area contributed by atoms with Gasteiger partial charge >= 0.3 is 0 Å². The molecule has 2 heteroatoms. The second-order valence-corrected chi connectivity index (χ2v) is 4.88. The van der Waals surface area contributed by atoms with Crippen molar-refractivity contribution in [3.8, 4) is 5.75 Å². The van der Waals surface area contributed by atoms with E-state index in [0.29, 0.717) is 0 Å². The van der Waals surface area contributed by atoms with Crippen LogP contribution in [-0.2, 0) is 11.2 Å². The first-order chi connectivity index (χ1) is 7.44. The number of carbonyl (C=O) groups excluding carboxylic acids is 1. The fourth-order valence-electron chi connectivity index (χ4n) is 2.08. The van der Waals surface area contributed by atoms with Crippen molar-refractivity contribution < 1.29 is 9.53 Å². The van der Waals surface area contributed by atoms with E-state index in [-0.39, 0.29) is 5.78 Å². The molecule has 1 atom stereocenters. The topological polar surface area (TPSA) is 26.3 Å². The lowest BCUT2D eigenvalue weighted by molar-refractivity contribution is -0.132. The first-order valence-corrected chi connectivity index (χ1v) is 5.73. The van der Waals surface area contributed by atoms with Gasteiger partial charge in [0.15, 0.2) is 11.4 Å². The Kier molecular flexibility index (Phi) is 2.53. The van der Waals surface area contributed by atoms with Gasteiger partial charge in [-0.15, -0.1) is 0 Å². The molecule has 0 saturated heterocycles. The molecule has 1 unspecified atom stereocenters. The number of carbonyl (C=O) groups is 1. The molecule has 1 aromatic rings. The van der Waals surface area contributed by atoms with Gasteiger partial charge in [-0.25, -0.2) is 0 Å². The molecule has 0 amide bonds. The molecule has 0 saturated carbocycles. The highest BCUT2D eigenvalue weighted by Gasteiger charge is 2.36. The second kappa shape index (κ2) is 3.62. The van der Waals surface area contributed by atoms with Crippen LogP contribution in [0.15, 0.2) is 12.1 Å². The summed E-state index contributed by atoms with van der Waals surface area (Å²) in [6.07, 6.45) is 1.70. The van der Waals surface area contributed by atoms with E-state index >= 15 is 0 Å². The van der Waals surface area contributed by atoms with E-state index in [1.54, 1.807) is 6.92 Å². The van der Waals surface area contributed by atoms with Crippen LogP contribution in [0.1, 0.15) is 37.0 Å². The number of benzene rings is 1. The molecule has 86 valence electrons. The predicted molar refractivity (Wildman–Crippen MR) is 64.0 cm³/mol. The van der Waals surface area contributed by atoms with Gasteiger partial charge in [-0.2, -0.15) is 0 Å². The summed E-state index contributed by atoms with van der Waals surface area (Å²) in [5.74, 6) is 1.03. The minimum atomic E-state index is -0.633. The first kappa shape index (κ1) is 11.2. The fraction of sp³-hybridized carbons (Fsp3) is 0.500. The standard InChI is InChI=1S/C14H18O2/c1-9-5-6-12-7-8-14(4,11(3)15)16-13(12)10(9)2/h5-6H,7-8H2,1-4H3. The maximum Gasteiger partial charge on any atom is 0.172 e. The van der Waals surface area contributed by atoms with Crippen LogP contribution in [0.2, 0.25) is 0 Å². The molecular weight excluding hydrogens is 200 g/mol. The van der Waals surface area contributed by atoms with Crippen LogP contribution in [0.5, 0.6) is 5.75 Å². The Morgan fingerprint density at radius 2 is 2.06 bits per heavy atom. The van der Waals surface area contributed by atoms with Gasteiger partial charge < -0.3 is 4.74 Å². The van der Waals surface area contributed by atoms with Crippen molar-refractivity contribution >= 4 is 5.78 Å². The molecule has 0 bridgehead atoms. The third-order valence-corrected chi connectivity index (χ3v) is 3.70. The van der Waals surface area contributed by atoms with Crippen LogP contribution < -0.4 is 4.74 Å². The lowest BCUT2D eigenvalue weighted by atomic mass is 9.88. The number of ketones is 1. The van der Waals surface area contributed by atoms with Crippen LogP contribution in [0.3, 0.4) is 0 Å². The normalized spacial score (nSPS) is 23.5. The Morgan fingerprint density at radius 1 is 1.38 bits per heavy atom. The van der Waals surface area contributed by atoms with Gasteiger partial charge in [0, 0.05) is 0 Å². The number of fused-ring (bicyclic) bond motifs is 1. The number of hydrogen-bond donors (Lipinski definition) is 0. The molecule has 0 radical (unpaired) electrons. The highest BCUT2D eigenvalue weighted by Crippen LogP contribution is 2.37. The highest BCUT2D eigenvalue weighted by atomic mass is 16.5. The molecule has 2 nitrogen and oxygen atoms in total. The van der Waals surface area contributed by atoms with Crippen LogP contribution in [0.25, 0.3) is 0 Å². The molecular formula is C14H18O2. The van der Waals surface area contributed by atoms with E-state index in [2.05, 4.69) is 26.0 Å². The summed E-state index contributed by atoms with van der Waals surface area (Å²) in [7, 11) is 0. The zero-order valence-corrected chi connectivity index (χ0v) is 10.4. The third-order valence-electron chi connectivity index (χ3n) is 3.70. The summed E-state index contributed by atoms with van der Waals surface area (Å²) in [6, 6.07) is 4.23. The van der Waals surface area contributed by atoms with Crippen LogP contribution in [0, 0.1) is 13.8 Å². The maximum absolute atomic E-state index is 11.6. The van der Waals surface area contributed by atoms with Gasteiger partial charge in [0.25, 0.3) is 0 Å². The predicted octanol–water partition coefficient (Wildman–Crippen LogP) is 2.98. The Labute approximate surface area is 96.6 Å². The summed E-state index contributed by atoms with van der Waals surface area (Å²) < 4.78 is 5.94. The van der Waals surface area contributed by atoms with E-state index in [1.165, 1.54) is 11.1 Å². The zero-order valence-electron chi connectivity index (χ0n) is 10.4. The number of hydrogen-bond acceptors (Lipinski definition) is 2. The van der Waals surface area contributed by atoms with Gasteiger partial charge in [0.2, 0.25) is 0 Å². The summed E-state index contributed by atoms with van der Waals surface area (Å²) in [5, 5.41) is 0. The average molecular weight is 218 g/mol. The van der Waals surface area contributed by atoms with E-state index < -0.39 is 5.60 Å². The quantitative estimate of drug-likeness (QED) is 0.724. The van der Waals surface area contributed by atoms with Gasteiger partial charge in [-0.1, -0.05) is 12.1 Å². The fourth-order valence-corrected chi connectivity index (χ4v) is 2.08. The molecule has 0 aliphatic carbocycles. The lowest BCUT2D eigenvalue weighted by Gasteiger charge is -2.34. The van der Waals surface area contributed by atoms with Crippen molar-refractivity contribution in [3.05, 3.63) is 28.8 Å². The van der Waals surface area contributed by atoms with Crippen molar-refractivity contribution in [1.82, 2.24) is 0 Å². The molecule has 0 fully saturated rings. The maximum atomic E-state index is 11.6. The minimum absolute atomic E-state index is 0.110. The van der Waals surface area contributed by atoms with Crippen molar-refractivity contribution in [1.29, 1.82) is 0 Å². The summed E-state index contributed by atoms with van der Waals surface area (Å²) >= 11 is 0. The first-order valence-electron chi connectivity index (χ1n) is 5.73.